The Labute approximate surface area is 113 Å². The van der Waals surface area contributed by atoms with Gasteiger partial charge in [0.2, 0.25) is 5.91 Å². The van der Waals surface area contributed by atoms with Gasteiger partial charge in [0.1, 0.15) is 17.9 Å². The number of fused-ring (bicyclic) bond motifs is 1. The molecule has 7 nitrogen and oxygen atoms in total. The van der Waals surface area contributed by atoms with E-state index in [2.05, 4.69) is 5.32 Å². The summed E-state index contributed by atoms with van der Waals surface area (Å²) in [6, 6.07) is 5.48. The van der Waals surface area contributed by atoms with E-state index in [0.717, 1.165) is 0 Å². The maximum Gasteiger partial charge on any atom is 0.326 e. The third-order valence-corrected chi connectivity index (χ3v) is 2.73. The van der Waals surface area contributed by atoms with Gasteiger partial charge in [0.25, 0.3) is 5.91 Å². The number of primary amides is 1. The van der Waals surface area contributed by atoms with Gasteiger partial charge in [-0.15, -0.1) is 0 Å². The van der Waals surface area contributed by atoms with Crippen LogP contribution in [-0.2, 0) is 9.59 Å². The van der Waals surface area contributed by atoms with Gasteiger partial charge < -0.3 is 20.6 Å². The average Bonchev–Trinajstić information content (AvgIpc) is 2.81. The molecule has 0 radical (unpaired) electrons. The van der Waals surface area contributed by atoms with Crippen LogP contribution in [-0.4, -0.2) is 28.9 Å². The molecule has 0 saturated heterocycles. The summed E-state index contributed by atoms with van der Waals surface area (Å²) < 4.78 is 5.19. The lowest BCUT2D eigenvalue weighted by Gasteiger charge is -2.11. The maximum absolute atomic E-state index is 12.0. The molecule has 0 spiro atoms. The van der Waals surface area contributed by atoms with Crippen LogP contribution < -0.4 is 11.1 Å². The standard InChI is InChI=1S/C13H12N2O5/c14-11(16)5-9(13(18)19)15-12(17)8-6-20-10-4-2-1-3-7(8)10/h1-4,6,9H,5H2,(H2,14,16)(H,15,17)(H,18,19)/t9-/m1/s1. The molecule has 1 atom stereocenters. The smallest absolute Gasteiger partial charge is 0.326 e. The Balaban J connectivity index is 2.22. The minimum absolute atomic E-state index is 0.205. The third kappa shape index (κ3) is 2.77. The average molecular weight is 276 g/mol. The molecular formula is C13H12N2O5. The number of hydrogen-bond donors (Lipinski definition) is 3. The molecule has 2 aromatic rings. The lowest BCUT2D eigenvalue weighted by molar-refractivity contribution is -0.140. The molecule has 2 amide bonds. The summed E-state index contributed by atoms with van der Waals surface area (Å²) in [5.41, 5.74) is 5.66. The largest absolute Gasteiger partial charge is 0.480 e. The summed E-state index contributed by atoms with van der Waals surface area (Å²) in [7, 11) is 0. The Bertz CT molecular complexity index is 676. The first kappa shape index (κ1) is 13.6. The number of benzene rings is 1. The van der Waals surface area contributed by atoms with Crippen molar-refractivity contribution in [3.05, 3.63) is 36.1 Å². The summed E-state index contributed by atoms with van der Waals surface area (Å²) in [5, 5.41) is 11.7. The van der Waals surface area contributed by atoms with Crippen molar-refractivity contribution in [2.75, 3.05) is 0 Å². The molecule has 0 saturated carbocycles. The van der Waals surface area contributed by atoms with Crippen LogP contribution in [0.15, 0.2) is 34.9 Å². The zero-order chi connectivity index (χ0) is 14.7. The molecule has 0 fully saturated rings. The van der Waals surface area contributed by atoms with E-state index in [9.17, 15) is 14.4 Å². The minimum atomic E-state index is -1.37. The molecule has 1 heterocycles. The number of rotatable bonds is 5. The van der Waals surface area contributed by atoms with Crippen LogP contribution in [0.25, 0.3) is 11.0 Å². The molecule has 1 aromatic heterocycles. The Morgan fingerprint density at radius 3 is 2.65 bits per heavy atom. The number of carbonyl (C=O) groups is 3. The van der Waals surface area contributed by atoms with E-state index in [1.807, 2.05) is 0 Å². The Hall–Kier alpha value is -2.83. The number of amides is 2. The second kappa shape index (κ2) is 5.43. The minimum Gasteiger partial charge on any atom is -0.480 e. The van der Waals surface area contributed by atoms with Crippen molar-refractivity contribution in [1.29, 1.82) is 0 Å². The van der Waals surface area contributed by atoms with Gasteiger partial charge in [-0.3, -0.25) is 9.59 Å². The molecule has 20 heavy (non-hydrogen) atoms. The van der Waals surface area contributed by atoms with Crippen molar-refractivity contribution >= 4 is 28.8 Å². The number of carboxylic acid groups (broad SMARTS) is 1. The predicted molar refractivity (Wildman–Crippen MR) is 68.9 cm³/mol. The highest BCUT2D eigenvalue weighted by Crippen LogP contribution is 2.20. The van der Waals surface area contributed by atoms with Gasteiger partial charge in [0.15, 0.2) is 0 Å². The van der Waals surface area contributed by atoms with E-state index in [1.165, 1.54) is 6.26 Å². The van der Waals surface area contributed by atoms with Crippen LogP contribution in [0.4, 0.5) is 0 Å². The fraction of sp³-hybridized carbons (Fsp3) is 0.154. The summed E-state index contributed by atoms with van der Waals surface area (Å²) >= 11 is 0. The van der Waals surface area contributed by atoms with E-state index >= 15 is 0 Å². The SMILES string of the molecule is NC(=O)C[C@@H](NC(=O)c1coc2ccccc12)C(=O)O. The number of carboxylic acids is 1. The van der Waals surface area contributed by atoms with Crippen molar-refractivity contribution in [3.8, 4) is 0 Å². The first-order chi connectivity index (χ1) is 9.49. The topological polar surface area (TPSA) is 123 Å². The lowest BCUT2D eigenvalue weighted by Crippen LogP contribution is -2.43. The zero-order valence-electron chi connectivity index (χ0n) is 10.3. The summed E-state index contributed by atoms with van der Waals surface area (Å²) in [6.45, 7) is 0. The molecule has 0 aliphatic heterocycles. The maximum atomic E-state index is 12.0. The number of para-hydroxylation sites is 1. The van der Waals surface area contributed by atoms with Crippen molar-refractivity contribution in [2.24, 2.45) is 5.73 Å². The van der Waals surface area contributed by atoms with Gasteiger partial charge >= 0.3 is 5.97 Å². The molecule has 0 bridgehead atoms. The summed E-state index contributed by atoms with van der Waals surface area (Å²) in [4.78, 5) is 33.8. The normalized spacial score (nSPS) is 12.0. The van der Waals surface area contributed by atoms with Crippen LogP contribution in [0.2, 0.25) is 0 Å². The van der Waals surface area contributed by atoms with E-state index in [4.69, 9.17) is 15.3 Å². The molecular weight excluding hydrogens is 264 g/mol. The van der Waals surface area contributed by atoms with Crippen molar-refractivity contribution in [1.82, 2.24) is 5.32 Å². The van der Waals surface area contributed by atoms with Gasteiger partial charge in [0, 0.05) is 5.39 Å². The van der Waals surface area contributed by atoms with Gasteiger partial charge in [-0.05, 0) is 6.07 Å². The molecule has 7 heteroatoms. The Kier molecular flexibility index (Phi) is 3.69. The fourth-order valence-electron chi connectivity index (χ4n) is 1.79. The molecule has 0 aliphatic carbocycles. The van der Waals surface area contributed by atoms with E-state index in [0.29, 0.717) is 11.0 Å². The second-order valence-corrected chi connectivity index (χ2v) is 4.18. The molecule has 104 valence electrons. The Morgan fingerprint density at radius 2 is 2.00 bits per heavy atom. The van der Waals surface area contributed by atoms with Crippen LogP contribution in [0, 0.1) is 0 Å². The number of hydrogen-bond acceptors (Lipinski definition) is 4. The van der Waals surface area contributed by atoms with Crippen molar-refractivity contribution in [3.63, 3.8) is 0 Å². The van der Waals surface area contributed by atoms with E-state index in [-0.39, 0.29) is 5.56 Å². The quantitative estimate of drug-likeness (QED) is 0.733. The highest BCUT2D eigenvalue weighted by atomic mass is 16.4. The van der Waals surface area contributed by atoms with E-state index in [1.54, 1.807) is 24.3 Å². The van der Waals surface area contributed by atoms with Crippen LogP contribution >= 0.6 is 0 Å². The van der Waals surface area contributed by atoms with Gasteiger partial charge in [-0.25, -0.2) is 4.79 Å². The van der Waals surface area contributed by atoms with Gasteiger partial charge in [0.05, 0.1) is 12.0 Å². The van der Waals surface area contributed by atoms with Gasteiger partial charge in [-0.2, -0.15) is 0 Å². The fourth-order valence-corrected chi connectivity index (χ4v) is 1.79. The van der Waals surface area contributed by atoms with Gasteiger partial charge in [-0.1, -0.05) is 18.2 Å². The van der Waals surface area contributed by atoms with E-state index < -0.39 is 30.2 Å². The Morgan fingerprint density at radius 1 is 1.30 bits per heavy atom. The molecule has 1 aromatic carbocycles. The molecule has 0 unspecified atom stereocenters. The van der Waals surface area contributed by atoms with Crippen LogP contribution in [0.1, 0.15) is 16.8 Å². The van der Waals surface area contributed by atoms with Crippen LogP contribution in [0.3, 0.4) is 0 Å². The molecule has 4 N–H and O–H groups in total. The monoisotopic (exact) mass is 276 g/mol. The lowest BCUT2D eigenvalue weighted by atomic mass is 10.1. The molecule has 0 aliphatic rings. The summed E-state index contributed by atoms with van der Waals surface area (Å²) in [6.07, 6.45) is 0.764. The number of nitrogens with one attached hydrogen (secondary N) is 1. The second-order valence-electron chi connectivity index (χ2n) is 4.18. The zero-order valence-corrected chi connectivity index (χ0v) is 10.3. The van der Waals surface area contributed by atoms with Crippen molar-refractivity contribution in [2.45, 2.75) is 12.5 Å². The number of nitrogens with two attached hydrogens (primary N) is 1. The number of carbonyl (C=O) groups excluding carboxylic acids is 2. The highest BCUT2D eigenvalue weighted by Gasteiger charge is 2.24. The predicted octanol–water partition coefficient (Wildman–Crippen LogP) is 0.491. The third-order valence-electron chi connectivity index (χ3n) is 2.73. The van der Waals surface area contributed by atoms with Crippen LogP contribution in [0.5, 0.6) is 0 Å². The highest BCUT2D eigenvalue weighted by molar-refractivity contribution is 6.07. The molecule has 2 rings (SSSR count). The number of aliphatic carboxylic acids is 1. The number of furan rings is 1. The summed E-state index contributed by atoms with van der Waals surface area (Å²) in [5.74, 6) is -2.77. The van der Waals surface area contributed by atoms with Crippen molar-refractivity contribution < 1.29 is 23.9 Å². The first-order valence-corrected chi connectivity index (χ1v) is 5.77. The first-order valence-electron chi connectivity index (χ1n) is 5.77.